The van der Waals surface area contributed by atoms with Crippen molar-refractivity contribution in [3.8, 4) is 0 Å². The fourth-order valence-corrected chi connectivity index (χ4v) is 1.73. The van der Waals surface area contributed by atoms with E-state index in [1.807, 2.05) is 0 Å². The zero-order valence-corrected chi connectivity index (χ0v) is 6.52. The summed E-state index contributed by atoms with van der Waals surface area (Å²) in [6.07, 6.45) is 6.34. The van der Waals surface area contributed by atoms with Crippen LogP contribution in [-0.2, 0) is 4.79 Å². The largest absolute Gasteiger partial charge is 0.299 e. The maximum absolute atomic E-state index is 11.1. The molecular formula is C9H14O. The summed E-state index contributed by atoms with van der Waals surface area (Å²) < 4.78 is 0. The van der Waals surface area contributed by atoms with Gasteiger partial charge in [0.25, 0.3) is 0 Å². The summed E-state index contributed by atoms with van der Waals surface area (Å²) in [5.41, 5.74) is 0.196. The van der Waals surface area contributed by atoms with Gasteiger partial charge in [0.2, 0.25) is 0 Å². The van der Waals surface area contributed by atoms with Crippen molar-refractivity contribution in [1.29, 1.82) is 0 Å². The summed E-state index contributed by atoms with van der Waals surface area (Å²) in [5.74, 6) is 1.37. The smallest absolute Gasteiger partial charge is 0.135 e. The summed E-state index contributed by atoms with van der Waals surface area (Å²) in [6, 6.07) is 0. The molecule has 0 radical (unpaired) electrons. The SMILES string of the molecule is CC(=O)C1(CC2CC2)CC1. The van der Waals surface area contributed by atoms with Crippen molar-refractivity contribution < 1.29 is 4.79 Å². The minimum Gasteiger partial charge on any atom is -0.299 e. The average molecular weight is 138 g/mol. The number of Topliss-reactive ketones (excluding diaryl/α,β-unsaturated/α-hetero) is 1. The first-order valence-corrected chi connectivity index (χ1v) is 4.24. The van der Waals surface area contributed by atoms with Crippen LogP contribution in [0.25, 0.3) is 0 Å². The van der Waals surface area contributed by atoms with Gasteiger partial charge >= 0.3 is 0 Å². The number of carbonyl (C=O) groups excluding carboxylic acids is 1. The van der Waals surface area contributed by atoms with Crippen molar-refractivity contribution in [3.63, 3.8) is 0 Å². The lowest BCUT2D eigenvalue weighted by atomic mass is 9.95. The molecule has 0 aromatic carbocycles. The zero-order valence-electron chi connectivity index (χ0n) is 6.52. The maximum Gasteiger partial charge on any atom is 0.135 e. The van der Waals surface area contributed by atoms with Crippen LogP contribution in [0, 0.1) is 11.3 Å². The van der Waals surface area contributed by atoms with E-state index in [0.29, 0.717) is 5.78 Å². The van der Waals surface area contributed by atoms with Crippen LogP contribution in [0.1, 0.15) is 39.0 Å². The number of hydrogen-bond donors (Lipinski definition) is 0. The third-order valence-corrected chi connectivity index (χ3v) is 2.98. The van der Waals surface area contributed by atoms with Gasteiger partial charge in [0.05, 0.1) is 0 Å². The molecular weight excluding hydrogens is 124 g/mol. The van der Waals surface area contributed by atoms with E-state index >= 15 is 0 Å². The van der Waals surface area contributed by atoms with Crippen LogP contribution in [0.4, 0.5) is 0 Å². The van der Waals surface area contributed by atoms with Crippen LogP contribution in [-0.4, -0.2) is 5.78 Å². The summed E-state index contributed by atoms with van der Waals surface area (Å²) >= 11 is 0. The first-order chi connectivity index (χ1) is 4.73. The van der Waals surface area contributed by atoms with Gasteiger partial charge in [-0.2, -0.15) is 0 Å². The van der Waals surface area contributed by atoms with Gasteiger partial charge in [0.1, 0.15) is 5.78 Å². The van der Waals surface area contributed by atoms with E-state index < -0.39 is 0 Å². The molecule has 0 N–H and O–H groups in total. The molecule has 0 bridgehead atoms. The Morgan fingerprint density at radius 3 is 2.40 bits per heavy atom. The second-order valence-electron chi connectivity index (χ2n) is 3.98. The van der Waals surface area contributed by atoms with E-state index in [1.54, 1.807) is 6.92 Å². The van der Waals surface area contributed by atoms with E-state index in [0.717, 1.165) is 5.92 Å². The Morgan fingerprint density at radius 2 is 2.10 bits per heavy atom. The van der Waals surface area contributed by atoms with Gasteiger partial charge in [-0.3, -0.25) is 4.79 Å². The Bertz CT molecular complexity index is 164. The third-order valence-electron chi connectivity index (χ3n) is 2.98. The van der Waals surface area contributed by atoms with Gasteiger partial charge in [0, 0.05) is 5.41 Å². The van der Waals surface area contributed by atoms with Crippen molar-refractivity contribution >= 4 is 5.78 Å². The molecule has 0 unspecified atom stereocenters. The molecule has 0 amide bonds. The lowest BCUT2D eigenvalue weighted by Crippen LogP contribution is -2.12. The molecule has 2 saturated carbocycles. The predicted octanol–water partition coefficient (Wildman–Crippen LogP) is 2.16. The van der Waals surface area contributed by atoms with Crippen molar-refractivity contribution in [1.82, 2.24) is 0 Å². The lowest BCUT2D eigenvalue weighted by molar-refractivity contribution is -0.122. The quantitative estimate of drug-likeness (QED) is 0.584. The highest BCUT2D eigenvalue weighted by molar-refractivity contribution is 5.85. The van der Waals surface area contributed by atoms with E-state index in [9.17, 15) is 4.79 Å². The third kappa shape index (κ3) is 0.979. The molecule has 0 aliphatic heterocycles. The van der Waals surface area contributed by atoms with Gasteiger partial charge in [0.15, 0.2) is 0 Å². The number of rotatable bonds is 3. The predicted molar refractivity (Wildman–Crippen MR) is 39.7 cm³/mol. The molecule has 2 fully saturated rings. The number of ketones is 1. The molecule has 0 atom stereocenters. The zero-order chi connectivity index (χ0) is 7.19. The van der Waals surface area contributed by atoms with Crippen molar-refractivity contribution in [2.24, 2.45) is 11.3 Å². The normalized spacial score (nSPS) is 28.1. The Labute approximate surface area is 61.8 Å². The number of hydrogen-bond acceptors (Lipinski definition) is 1. The van der Waals surface area contributed by atoms with Crippen LogP contribution in [0.2, 0.25) is 0 Å². The second kappa shape index (κ2) is 1.84. The van der Waals surface area contributed by atoms with Crippen LogP contribution >= 0.6 is 0 Å². The van der Waals surface area contributed by atoms with Crippen LogP contribution in [0.5, 0.6) is 0 Å². The van der Waals surface area contributed by atoms with Crippen molar-refractivity contribution in [3.05, 3.63) is 0 Å². The maximum atomic E-state index is 11.1. The highest BCUT2D eigenvalue weighted by Gasteiger charge is 2.49. The van der Waals surface area contributed by atoms with Gasteiger partial charge in [-0.05, 0) is 32.1 Å². The Balaban J connectivity index is 1.93. The topological polar surface area (TPSA) is 17.1 Å². The Morgan fingerprint density at radius 1 is 1.50 bits per heavy atom. The highest BCUT2D eigenvalue weighted by atomic mass is 16.1. The Hall–Kier alpha value is -0.330. The number of carbonyl (C=O) groups is 1. The fraction of sp³-hybridized carbons (Fsp3) is 0.889. The molecule has 1 heteroatoms. The molecule has 0 aromatic heterocycles. The van der Waals surface area contributed by atoms with Crippen molar-refractivity contribution in [2.75, 3.05) is 0 Å². The molecule has 2 aliphatic rings. The van der Waals surface area contributed by atoms with Gasteiger partial charge < -0.3 is 0 Å². The van der Waals surface area contributed by atoms with Crippen LogP contribution in [0.15, 0.2) is 0 Å². The first kappa shape index (κ1) is 6.38. The molecule has 2 rings (SSSR count). The lowest BCUT2D eigenvalue weighted by Gasteiger charge is -2.08. The summed E-state index contributed by atoms with van der Waals surface area (Å²) in [5, 5.41) is 0. The average Bonchev–Trinajstić information content (AvgIpc) is 2.65. The van der Waals surface area contributed by atoms with E-state index in [2.05, 4.69) is 0 Å². The monoisotopic (exact) mass is 138 g/mol. The van der Waals surface area contributed by atoms with E-state index in [1.165, 1.54) is 32.1 Å². The van der Waals surface area contributed by atoms with Crippen molar-refractivity contribution in [2.45, 2.75) is 39.0 Å². The molecule has 2 aliphatic carbocycles. The van der Waals surface area contributed by atoms with Gasteiger partial charge in [-0.1, -0.05) is 12.8 Å². The molecule has 0 heterocycles. The van der Waals surface area contributed by atoms with Gasteiger partial charge in [-0.25, -0.2) is 0 Å². The van der Waals surface area contributed by atoms with E-state index in [-0.39, 0.29) is 5.41 Å². The minimum absolute atomic E-state index is 0.196. The summed E-state index contributed by atoms with van der Waals surface area (Å²) in [6.45, 7) is 1.76. The highest BCUT2D eigenvalue weighted by Crippen LogP contribution is 2.55. The molecule has 10 heavy (non-hydrogen) atoms. The molecule has 1 nitrogen and oxygen atoms in total. The standard InChI is InChI=1S/C9H14O/c1-7(10)9(4-5-9)6-8-2-3-8/h8H,2-6H2,1H3. The molecule has 0 aromatic rings. The van der Waals surface area contributed by atoms with E-state index in [4.69, 9.17) is 0 Å². The van der Waals surface area contributed by atoms with Crippen LogP contribution < -0.4 is 0 Å². The second-order valence-corrected chi connectivity index (χ2v) is 3.98. The van der Waals surface area contributed by atoms with Gasteiger partial charge in [-0.15, -0.1) is 0 Å². The summed E-state index contributed by atoms with van der Waals surface area (Å²) in [4.78, 5) is 11.1. The first-order valence-electron chi connectivity index (χ1n) is 4.24. The Kier molecular flexibility index (Phi) is 1.17. The molecule has 0 saturated heterocycles. The molecule has 0 spiro atoms. The summed E-state index contributed by atoms with van der Waals surface area (Å²) in [7, 11) is 0. The van der Waals surface area contributed by atoms with Crippen LogP contribution in [0.3, 0.4) is 0 Å². The fourth-order valence-electron chi connectivity index (χ4n) is 1.73. The molecule has 56 valence electrons. The minimum atomic E-state index is 0.196.